The first-order valence-corrected chi connectivity index (χ1v) is 11.0. The highest BCUT2D eigenvalue weighted by Crippen LogP contribution is 2.33. The number of amides is 1. The second-order valence-corrected chi connectivity index (χ2v) is 8.83. The highest BCUT2D eigenvalue weighted by Gasteiger charge is 2.34. The number of nitrogens with zero attached hydrogens (tertiary/aromatic N) is 4. The van der Waals surface area contributed by atoms with E-state index in [1.165, 1.54) is 12.8 Å². The number of carbonyl (C=O) groups is 1. The highest BCUT2D eigenvalue weighted by molar-refractivity contribution is 5.88. The molecule has 7 nitrogen and oxygen atoms in total. The van der Waals surface area contributed by atoms with Crippen molar-refractivity contribution < 1.29 is 4.79 Å². The number of likely N-dealkylation sites (tertiary alicyclic amines) is 1. The minimum Gasteiger partial charge on any atom is -0.362 e. The van der Waals surface area contributed by atoms with Crippen LogP contribution in [-0.2, 0) is 4.79 Å². The normalized spacial score (nSPS) is 18.8. The Hall–Kier alpha value is -2.93. The number of hydrogen-bond donors (Lipinski definition) is 1. The van der Waals surface area contributed by atoms with Gasteiger partial charge >= 0.3 is 0 Å². The predicted molar refractivity (Wildman–Crippen MR) is 123 cm³/mol. The number of likely N-dealkylation sites (N-methyl/N-ethyl adjacent to an activating group) is 1. The number of pyridine rings is 2. The minimum atomic E-state index is -0.0749. The summed E-state index contributed by atoms with van der Waals surface area (Å²) in [5.41, 5.74) is 2.61. The number of aromatic amines is 1. The van der Waals surface area contributed by atoms with Crippen LogP contribution in [0.4, 0.5) is 5.69 Å². The van der Waals surface area contributed by atoms with Crippen LogP contribution in [0.3, 0.4) is 0 Å². The van der Waals surface area contributed by atoms with Crippen molar-refractivity contribution in [3.63, 3.8) is 0 Å². The fourth-order valence-corrected chi connectivity index (χ4v) is 4.08. The minimum absolute atomic E-state index is 0.0511. The zero-order chi connectivity index (χ0) is 21.8. The molecule has 1 N–H and O–H groups in total. The van der Waals surface area contributed by atoms with Crippen LogP contribution in [0.15, 0.2) is 53.7 Å². The van der Waals surface area contributed by atoms with Gasteiger partial charge in [-0.25, -0.2) is 0 Å². The largest absolute Gasteiger partial charge is 0.362 e. The fraction of sp³-hybridized carbons (Fsp3) is 0.458. The van der Waals surface area contributed by atoms with Crippen molar-refractivity contribution >= 4 is 11.6 Å². The number of anilines is 1. The lowest BCUT2D eigenvalue weighted by Gasteiger charge is -2.31. The summed E-state index contributed by atoms with van der Waals surface area (Å²) in [5, 5.41) is 0. The molecule has 1 atom stereocenters. The van der Waals surface area contributed by atoms with E-state index in [-0.39, 0.29) is 17.5 Å². The number of nitrogens with one attached hydrogen (secondary N) is 1. The van der Waals surface area contributed by atoms with Gasteiger partial charge < -0.3 is 19.7 Å². The monoisotopic (exact) mass is 421 g/mol. The standard InChI is InChI=1S/C24H31N5O2/c1-27(2)12-3-4-23(30)28-13-9-21(17-28)29(16-18-5-6-18)22-14-20(15-26-24(22)31)19-7-10-25-11-8-19/h3-4,7-8,10-11,14-15,18,21H,5-6,9,12-13,16-17H2,1-2H3,(H,26,31)/t21-/m0/s1. The van der Waals surface area contributed by atoms with Crippen LogP contribution in [0.1, 0.15) is 19.3 Å². The van der Waals surface area contributed by atoms with Crippen molar-refractivity contribution in [2.24, 2.45) is 5.92 Å². The smallest absolute Gasteiger partial charge is 0.271 e. The predicted octanol–water partition coefficient (Wildman–Crippen LogP) is 2.37. The molecule has 1 aliphatic heterocycles. The van der Waals surface area contributed by atoms with Crippen LogP contribution < -0.4 is 10.5 Å². The van der Waals surface area contributed by atoms with E-state index < -0.39 is 0 Å². The summed E-state index contributed by atoms with van der Waals surface area (Å²) in [6, 6.07) is 6.02. The van der Waals surface area contributed by atoms with Crippen molar-refractivity contribution in [1.29, 1.82) is 0 Å². The van der Waals surface area contributed by atoms with E-state index in [1.54, 1.807) is 24.7 Å². The molecule has 7 heteroatoms. The maximum Gasteiger partial charge on any atom is 0.271 e. The molecule has 2 fully saturated rings. The van der Waals surface area contributed by atoms with Crippen LogP contribution >= 0.6 is 0 Å². The second-order valence-electron chi connectivity index (χ2n) is 8.83. The van der Waals surface area contributed by atoms with Crippen LogP contribution in [0.25, 0.3) is 11.1 Å². The molecule has 1 amide bonds. The van der Waals surface area contributed by atoms with Crippen molar-refractivity contribution in [1.82, 2.24) is 19.8 Å². The first-order chi connectivity index (χ1) is 15.0. The third-order valence-corrected chi connectivity index (χ3v) is 6.01. The molecule has 0 unspecified atom stereocenters. The maximum absolute atomic E-state index is 12.8. The van der Waals surface area contributed by atoms with E-state index >= 15 is 0 Å². The zero-order valence-electron chi connectivity index (χ0n) is 18.3. The van der Waals surface area contributed by atoms with Crippen molar-refractivity contribution in [2.45, 2.75) is 25.3 Å². The van der Waals surface area contributed by atoms with Gasteiger partial charge in [0.05, 0.1) is 0 Å². The van der Waals surface area contributed by atoms with Crippen LogP contribution in [0.2, 0.25) is 0 Å². The maximum atomic E-state index is 12.8. The Morgan fingerprint density at radius 2 is 2.00 bits per heavy atom. The summed E-state index contributed by atoms with van der Waals surface area (Å²) in [7, 11) is 3.96. The molecule has 0 aromatic carbocycles. The first-order valence-electron chi connectivity index (χ1n) is 11.0. The van der Waals surface area contributed by atoms with Gasteiger partial charge in [0, 0.05) is 62.5 Å². The van der Waals surface area contributed by atoms with Gasteiger partial charge in [-0.3, -0.25) is 14.6 Å². The van der Waals surface area contributed by atoms with Gasteiger partial charge in [-0.1, -0.05) is 6.08 Å². The van der Waals surface area contributed by atoms with Gasteiger partial charge in [0.15, 0.2) is 0 Å². The zero-order valence-corrected chi connectivity index (χ0v) is 18.3. The molecule has 0 spiro atoms. The summed E-state index contributed by atoms with van der Waals surface area (Å²) in [6.07, 6.45) is 12.1. The molecule has 1 saturated heterocycles. The van der Waals surface area contributed by atoms with Gasteiger partial charge in [0.1, 0.15) is 5.69 Å². The van der Waals surface area contributed by atoms with Crippen molar-refractivity contribution in [3.8, 4) is 11.1 Å². The van der Waals surface area contributed by atoms with Crippen molar-refractivity contribution in [2.75, 3.05) is 45.2 Å². The SMILES string of the molecule is CN(C)CC=CC(=O)N1CC[C@H](N(CC2CC2)c2cc(-c3ccncc3)c[nH]c2=O)C1. The van der Waals surface area contributed by atoms with E-state index in [0.29, 0.717) is 18.2 Å². The summed E-state index contributed by atoms with van der Waals surface area (Å²) < 4.78 is 0. The van der Waals surface area contributed by atoms with E-state index in [1.807, 2.05) is 48.2 Å². The van der Waals surface area contributed by atoms with Gasteiger partial charge in [0.25, 0.3) is 5.56 Å². The third kappa shape index (κ3) is 5.41. The van der Waals surface area contributed by atoms with Crippen LogP contribution in [0.5, 0.6) is 0 Å². The molecular formula is C24H31N5O2. The number of hydrogen-bond acceptors (Lipinski definition) is 5. The number of rotatable bonds is 8. The molecule has 2 aromatic rings. The number of aromatic nitrogens is 2. The molecule has 3 heterocycles. The number of H-pyrrole nitrogens is 1. The third-order valence-electron chi connectivity index (χ3n) is 6.01. The van der Waals surface area contributed by atoms with Crippen molar-refractivity contribution in [3.05, 3.63) is 59.3 Å². The van der Waals surface area contributed by atoms with Gasteiger partial charge in [-0.2, -0.15) is 0 Å². The van der Waals surface area contributed by atoms with Crippen LogP contribution in [-0.4, -0.2) is 72.0 Å². The van der Waals surface area contributed by atoms with E-state index in [9.17, 15) is 9.59 Å². The van der Waals surface area contributed by atoms with Gasteiger partial charge in [0.2, 0.25) is 5.91 Å². The molecule has 2 aromatic heterocycles. The van der Waals surface area contributed by atoms with E-state index in [0.717, 1.165) is 37.2 Å². The Morgan fingerprint density at radius 1 is 1.23 bits per heavy atom. The van der Waals surface area contributed by atoms with E-state index in [4.69, 9.17) is 0 Å². The lowest BCUT2D eigenvalue weighted by atomic mass is 10.1. The Bertz CT molecular complexity index is 981. The molecular weight excluding hydrogens is 390 g/mol. The summed E-state index contributed by atoms with van der Waals surface area (Å²) in [6.45, 7) is 2.98. The Balaban J connectivity index is 1.54. The molecule has 2 aliphatic rings. The van der Waals surface area contributed by atoms with Crippen LogP contribution in [0, 0.1) is 5.92 Å². The second kappa shape index (κ2) is 9.47. The lowest BCUT2D eigenvalue weighted by Crippen LogP contribution is -2.42. The molecule has 164 valence electrons. The summed E-state index contributed by atoms with van der Waals surface area (Å²) >= 11 is 0. The molecule has 1 saturated carbocycles. The van der Waals surface area contributed by atoms with E-state index in [2.05, 4.69) is 14.9 Å². The molecule has 0 bridgehead atoms. The molecule has 4 rings (SSSR count). The molecule has 31 heavy (non-hydrogen) atoms. The Morgan fingerprint density at radius 3 is 2.71 bits per heavy atom. The fourth-order valence-electron chi connectivity index (χ4n) is 4.08. The first kappa shape index (κ1) is 21.3. The topological polar surface area (TPSA) is 72.5 Å². The average molecular weight is 422 g/mol. The Labute approximate surface area is 183 Å². The lowest BCUT2D eigenvalue weighted by molar-refractivity contribution is -0.125. The van der Waals surface area contributed by atoms with Gasteiger partial charge in [-0.15, -0.1) is 0 Å². The summed E-state index contributed by atoms with van der Waals surface area (Å²) in [5.74, 6) is 0.684. The molecule has 0 radical (unpaired) electrons. The highest BCUT2D eigenvalue weighted by atomic mass is 16.2. The quantitative estimate of drug-likeness (QED) is 0.663. The van der Waals surface area contributed by atoms with Gasteiger partial charge in [-0.05, 0) is 63.0 Å². The Kier molecular flexibility index (Phi) is 6.51. The average Bonchev–Trinajstić information content (AvgIpc) is 3.46. The summed E-state index contributed by atoms with van der Waals surface area (Å²) in [4.78, 5) is 38.6. The molecule has 1 aliphatic carbocycles. The number of carbonyl (C=O) groups excluding carboxylic acids is 1.